The normalized spacial score (nSPS) is 10.4. The predicted octanol–water partition coefficient (Wildman–Crippen LogP) is 5.11. The Morgan fingerprint density at radius 2 is 1.72 bits per heavy atom. The van der Waals surface area contributed by atoms with Crippen molar-refractivity contribution in [3.05, 3.63) is 63.6 Å². The summed E-state index contributed by atoms with van der Waals surface area (Å²) in [6, 6.07) is 11.9. The Bertz CT molecular complexity index is 760. The van der Waals surface area contributed by atoms with Crippen LogP contribution in [0.5, 0.6) is 0 Å². The van der Waals surface area contributed by atoms with Gasteiger partial charge in [0, 0.05) is 22.2 Å². The van der Waals surface area contributed by atoms with Crippen LogP contribution in [0.15, 0.2) is 42.5 Å². The second-order valence-corrected chi connectivity index (χ2v) is 6.18. The van der Waals surface area contributed by atoms with Crippen molar-refractivity contribution in [3.63, 3.8) is 0 Å². The molecule has 25 heavy (non-hydrogen) atoms. The molecule has 0 aliphatic heterocycles. The van der Waals surface area contributed by atoms with Crippen molar-refractivity contribution < 1.29 is 14.3 Å². The number of rotatable bonds is 6. The standard InChI is InChI=1S/C19H19Cl2NO3/c1-3-18(23)22(12-14-5-8-15(20)11-17(14)21)16-9-6-13(7-10-16)19(24)25-4-2/h5-11H,3-4,12H2,1-2H3. The Kier molecular flexibility index (Phi) is 6.85. The van der Waals surface area contributed by atoms with Gasteiger partial charge in [-0.15, -0.1) is 0 Å². The van der Waals surface area contributed by atoms with E-state index in [0.29, 0.717) is 40.9 Å². The molecule has 2 aromatic rings. The van der Waals surface area contributed by atoms with E-state index in [4.69, 9.17) is 27.9 Å². The van der Waals surface area contributed by atoms with Crippen LogP contribution in [-0.2, 0) is 16.1 Å². The maximum Gasteiger partial charge on any atom is 0.338 e. The molecule has 0 saturated carbocycles. The molecule has 0 saturated heterocycles. The fourth-order valence-corrected chi connectivity index (χ4v) is 2.79. The topological polar surface area (TPSA) is 46.6 Å². The van der Waals surface area contributed by atoms with E-state index in [0.717, 1.165) is 5.56 Å². The van der Waals surface area contributed by atoms with Gasteiger partial charge in [0.15, 0.2) is 0 Å². The molecule has 0 aliphatic rings. The molecule has 1 amide bonds. The monoisotopic (exact) mass is 379 g/mol. The Labute approximate surface area is 157 Å². The Morgan fingerprint density at radius 1 is 1.04 bits per heavy atom. The van der Waals surface area contributed by atoms with Crippen LogP contribution in [0.2, 0.25) is 10.0 Å². The zero-order valence-corrected chi connectivity index (χ0v) is 15.6. The van der Waals surface area contributed by atoms with E-state index in [1.54, 1.807) is 61.2 Å². The molecule has 0 unspecified atom stereocenters. The van der Waals surface area contributed by atoms with Gasteiger partial charge in [0.2, 0.25) is 5.91 Å². The lowest BCUT2D eigenvalue weighted by Gasteiger charge is -2.23. The lowest BCUT2D eigenvalue weighted by molar-refractivity contribution is -0.118. The summed E-state index contributed by atoms with van der Waals surface area (Å²) in [4.78, 5) is 25.8. The third-order valence-corrected chi connectivity index (χ3v) is 4.22. The molecule has 0 fully saturated rings. The van der Waals surface area contributed by atoms with Gasteiger partial charge in [0.05, 0.1) is 18.7 Å². The van der Waals surface area contributed by atoms with Crippen molar-refractivity contribution in [2.45, 2.75) is 26.8 Å². The van der Waals surface area contributed by atoms with E-state index in [-0.39, 0.29) is 11.9 Å². The van der Waals surface area contributed by atoms with Gasteiger partial charge in [-0.05, 0) is 48.9 Å². The molecular formula is C19H19Cl2NO3. The van der Waals surface area contributed by atoms with Crippen LogP contribution in [0.4, 0.5) is 5.69 Å². The number of nitrogens with zero attached hydrogens (tertiary/aromatic N) is 1. The largest absolute Gasteiger partial charge is 0.462 e. The number of halogens is 2. The van der Waals surface area contributed by atoms with E-state index in [2.05, 4.69) is 0 Å². The Hall–Kier alpha value is -2.04. The van der Waals surface area contributed by atoms with Crippen LogP contribution in [0.3, 0.4) is 0 Å². The molecule has 6 heteroatoms. The van der Waals surface area contributed by atoms with Crippen LogP contribution in [0.1, 0.15) is 36.2 Å². The van der Waals surface area contributed by atoms with Crippen molar-refractivity contribution in [2.24, 2.45) is 0 Å². The Balaban J connectivity index is 2.28. The van der Waals surface area contributed by atoms with E-state index < -0.39 is 0 Å². The molecule has 0 aliphatic carbocycles. The minimum absolute atomic E-state index is 0.0464. The van der Waals surface area contributed by atoms with Crippen molar-refractivity contribution in [1.82, 2.24) is 0 Å². The van der Waals surface area contributed by atoms with Gasteiger partial charge in [-0.3, -0.25) is 4.79 Å². The summed E-state index contributed by atoms with van der Waals surface area (Å²) in [6.45, 7) is 4.19. The highest BCUT2D eigenvalue weighted by Crippen LogP contribution is 2.25. The predicted molar refractivity (Wildman–Crippen MR) is 100 cm³/mol. The number of hydrogen-bond donors (Lipinski definition) is 0. The summed E-state index contributed by atoms with van der Waals surface area (Å²) >= 11 is 12.2. The van der Waals surface area contributed by atoms with E-state index in [9.17, 15) is 9.59 Å². The molecule has 0 spiro atoms. The first-order chi connectivity index (χ1) is 12.0. The lowest BCUT2D eigenvalue weighted by Crippen LogP contribution is -2.29. The molecule has 0 heterocycles. The molecule has 0 radical (unpaired) electrons. The summed E-state index contributed by atoms with van der Waals surface area (Å²) in [5.41, 5.74) is 1.92. The molecular weight excluding hydrogens is 361 g/mol. The SMILES string of the molecule is CCOC(=O)c1ccc(N(Cc2ccc(Cl)cc2Cl)C(=O)CC)cc1. The highest BCUT2D eigenvalue weighted by Gasteiger charge is 2.17. The maximum absolute atomic E-state index is 12.4. The second kappa shape index (κ2) is 8.88. The van der Waals surface area contributed by atoms with Gasteiger partial charge in [0.1, 0.15) is 0 Å². The first-order valence-electron chi connectivity index (χ1n) is 7.97. The minimum Gasteiger partial charge on any atom is -0.462 e. The smallest absolute Gasteiger partial charge is 0.338 e. The lowest BCUT2D eigenvalue weighted by atomic mass is 10.1. The van der Waals surface area contributed by atoms with Crippen molar-refractivity contribution >= 4 is 40.8 Å². The van der Waals surface area contributed by atoms with Crippen LogP contribution in [0, 0.1) is 0 Å². The number of benzene rings is 2. The van der Waals surface area contributed by atoms with Crippen molar-refractivity contribution in [2.75, 3.05) is 11.5 Å². The number of hydrogen-bond acceptors (Lipinski definition) is 3. The van der Waals surface area contributed by atoms with Gasteiger partial charge < -0.3 is 9.64 Å². The van der Waals surface area contributed by atoms with Crippen LogP contribution >= 0.6 is 23.2 Å². The van der Waals surface area contributed by atoms with Gasteiger partial charge in [0.25, 0.3) is 0 Å². The van der Waals surface area contributed by atoms with Crippen LogP contribution in [-0.4, -0.2) is 18.5 Å². The molecule has 2 rings (SSSR count). The summed E-state index contributed by atoms with van der Waals surface area (Å²) in [7, 11) is 0. The number of carbonyl (C=O) groups excluding carboxylic acids is 2. The third-order valence-electron chi connectivity index (χ3n) is 3.64. The van der Waals surface area contributed by atoms with Gasteiger partial charge >= 0.3 is 5.97 Å². The zero-order valence-electron chi connectivity index (χ0n) is 14.1. The molecule has 0 N–H and O–H groups in total. The maximum atomic E-state index is 12.4. The first-order valence-corrected chi connectivity index (χ1v) is 8.73. The molecule has 0 atom stereocenters. The molecule has 132 valence electrons. The molecule has 0 bridgehead atoms. The number of ether oxygens (including phenoxy) is 1. The number of esters is 1. The first kappa shape index (κ1) is 19.3. The third kappa shape index (κ3) is 4.97. The summed E-state index contributed by atoms with van der Waals surface area (Å²) < 4.78 is 4.97. The van der Waals surface area contributed by atoms with E-state index in [1.165, 1.54) is 0 Å². The average Bonchev–Trinajstić information content (AvgIpc) is 2.61. The fourth-order valence-electron chi connectivity index (χ4n) is 2.33. The van der Waals surface area contributed by atoms with Crippen LogP contribution < -0.4 is 4.90 Å². The highest BCUT2D eigenvalue weighted by molar-refractivity contribution is 6.35. The van der Waals surface area contributed by atoms with Crippen LogP contribution in [0.25, 0.3) is 0 Å². The second-order valence-electron chi connectivity index (χ2n) is 5.34. The summed E-state index contributed by atoms with van der Waals surface area (Å²) in [5.74, 6) is -0.432. The summed E-state index contributed by atoms with van der Waals surface area (Å²) in [5, 5.41) is 1.05. The quantitative estimate of drug-likeness (QED) is 0.654. The minimum atomic E-state index is -0.386. The number of anilines is 1. The average molecular weight is 380 g/mol. The number of amides is 1. The highest BCUT2D eigenvalue weighted by atomic mass is 35.5. The molecule has 0 aromatic heterocycles. The summed E-state index contributed by atoms with van der Waals surface area (Å²) in [6.07, 6.45) is 0.352. The van der Waals surface area contributed by atoms with E-state index >= 15 is 0 Å². The van der Waals surface area contributed by atoms with Gasteiger partial charge in [-0.25, -0.2) is 4.79 Å². The molecule has 4 nitrogen and oxygen atoms in total. The fraction of sp³-hybridized carbons (Fsp3) is 0.263. The zero-order chi connectivity index (χ0) is 18.4. The van der Waals surface area contributed by atoms with Gasteiger partial charge in [-0.1, -0.05) is 36.2 Å². The number of carbonyl (C=O) groups is 2. The van der Waals surface area contributed by atoms with Crippen molar-refractivity contribution in [3.8, 4) is 0 Å². The molecule has 2 aromatic carbocycles. The Morgan fingerprint density at radius 3 is 2.28 bits per heavy atom. The van der Waals surface area contributed by atoms with E-state index in [1.807, 2.05) is 0 Å². The van der Waals surface area contributed by atoms with Gasteiger partial charge in [-0.2, -0.15) is 0 Å². The van der Waals surface area contributed by atoms with Crippen molar-refractivity contribution in [1.29, 1.82) is 0 Å².